The second-order valence-corrected chi connectivity index (χ2v) is 9.94. The van der Waals surface area contributed by atoms with Crippen molar-refractivity contribution < 1.29 is 53.4 Å². The number of alkyl halides is 11. The molecule has 0 spiro atoms. The summed E-state index contributed by atoms with van der Waals surface area (Å²) in [5, 5.41) is 0.934. The summed E-state index contributed by atoms with van der Waals surface area (Å²) in [6, 6.07) is 0. The molecule has 0 aromatic carbocycles. The van der Waals surface area contributed by atoms with Crippen molar-refractivity contribution in [2.75, 3.05) is 18.5 Å². The molecule has 2 nitrogen and oxygen atoms in total. The SMILES string of the molecule is FC(F)(F)C(F)(F)CCCCCCOC(CCCCCCCBr)OCCCCCCC(F)(F)C(F)(F)F. The van der Waals surface area contributed by atoms with Crippen LogP contribution in [0.15, 0.2) is 0 Å². The molecule has 0 radical (unpaired) electrons. The Bertz CT molecular complexity index is 517. The fraction of sp³-hybridized carbons (Fsp3) is 1.00. The van der Waals surface area contributed by atoms with Crippen LogP contribution < -0.4 is 0 Å². The normalized spacial score (nSPS) is 13.6. The molecule has 0 unspecified atom stereocenters. The van der Waals surface area contributed by atoms with Crippen molar-refractivity contribution in [3.8, 4) is 0 Å². The maximum atomic E-state index is 12.9. The van der Waals surface area contributed by atoms with Crippen molar-refractivity contribution in [3.63, 3.8) is 0 Å². The molecule has 0 aliphatic carbocycles. The summed E-state index contributed by atoms with van der Waals surface area (Å²) >= 11 is 3.37. The van der Waals surface area contributed by atoms with Gasteiger partial charge in [-0.3, -0.25) is 0 Å². The third-order valence-corrected chi connectivity index (χ3v) is 6.34. The smallest absolute Gasteiger partial charge is 0.353 e. The molecular weight excluding hydrogens is 590 g/mol. The van der Waals surface area contributed by atoms with E-state index in [1.807, 2.05) is 0 Å². The molecule has 0 saturated carbocycles. The minimum atomic E-state index is -5.54. The van der Waals surface area contributed by atoms with Gasteiger partial charge in [0.1, 0.15) is 0 Å². The van der Waals surface area contributed by atoms with Crippen molar-refractivity contribution >= 4 is 15.9 Å². The molecule has 0 N–H and O–H groups in total. The number of unbranched alkanes of at least 4 members (excludes halogenated alkanes) is 10. The lowest BCUT2D eigenvalue weighted by Crippen LogP contribution is -2.36. The first kappa shape index (κ1) is 36.7. The molecule has 224 valence electrons. The van der Waals surface area contributed by atoms with E-state index in [4.69, 9.17) is 9.47 Å². The zero-order valence-corrected chi connectivity index (χ0v) is 22.6. The summed E-state index contributed by atoms with van der Waals surface area (Å²) in [5.74, 6) is -9.37. The molecule has 0 aliphatic rings. The second-order valence-electron chi connectivity index (χ2n) is 9.15. The summed E-state index contributed by atoms with van der Waals surface area (Å²) in [5.41, 5.74) is 0. The summed E-state index contributed by atoms with van der Waals surface area (Å²) < 4.78 is 136. The van der Waals surface area contributed by atoms with Crippen molar-refractivity contribution in [2.24, 2.45) is 0 Å². The highest BCUT2D eigenvalue weighted by molar-refractivity contribution is 9.09. The summed E-state index contributed by atoms with van der Waals surface area (Å²) in [6.07, 6.45) is -6.80. The predicted octanol–water partition coefficient (Wildman–Crippen LogP) is 10.4. The highest BCUT2D eigenvalue weighted by Crippen LogP contribution is 2.40. The van der Waals surface area contributed by atoms with Gasteiger partial charge in [-0.05, 0) is 44.9 Å². The van der Waals surface area contributed by atoms with Crippen molar-refractivity contribution in [3.05, 3.63) is 0 Å². The van der Waals surface area contributed by atoms with Gasteiger partial charge < -0.3 is 9.47 Å². The number of rotatable bonds is 23. The van der Waals surface area contributed by atoms with Crippen molar-refractivity contribution in [1.29, 1.82) is 0 Å². The van der Waals surface area contributed by atoms with Crippen LogP contribution >= 0.6 is 15.9 Å². The van der Waals surface area contributed by atoms with E-state index in [0.717, 1.165) is 37.4 Å². The van der Waals surface area contributed by atoms with Crippen molar-refractivity contribution in [1.82, 2.24) is 0 Å². The lowest BCUT2D eigenvalue weighted by molar-refractivity contribution is -0.284. The monoisotopic (exact) mass is 628 g/mol. The van der Waals surface area contributed by atoms with Crippen LogP contribution in [0.2, 0.25) is 0 Å². The molecule has 0 aromatic heterocycles. The van der Waals surface area contributed by atoms with E-state index in [9.17, 15) is 43.9 Å². The molecular formula is C24H39BrF10O2. The van der Waals surface area contributed by atoms with E-state index in [-0.39, 0.29) is 38.9 Å². The van der Waals surface area contributed by atoms with Gasteiger partial charge in [0, 0.05) is 31.4 Å². The molecule has 13 heteroatoms. The Labute approximate surface area is 221 Å². The standard InChI is InChI=1S/C24H39BrF10O2/c25-17-11-5-1-2-8-14-20(36-18-12-6-3-9-15-21(26,27)23(30,31)32)37-19-13-7-4-10-16-22(28,29)24(33,34)35/h20H,1-19H2. The maximum Gasteiger partial charge on any atom is 0.453 e. The Morgan fingerprint density at radius 2 is 0.811 bits per heavy atom. The van der Waals surface area contributed by atoms with Gasteiger partial charge in [-0.15, -0.1) is 0 Å². The Morgan fingerprint density at radius 1 is 0.459 bits per heavy atom. The number of halogens is 11. The Morgan fingerprint density at radius 3 is 1.22 bits per heavy atom. The Kier molecular flexibility index (Phi) is 18.7. The molecule has 0 bridgehead atoms. The molecule has 0 aliphatic heterocycles. The number of hydrogen-bond acceptors (Lipinski definition) is 2. The van der Waals surface area contributed by atoms with Crippen LogP contribution in [0.25, 0.3) is 0 Å². The first-order valence-electron chi connectivity index (χ1n) is 12.8. The van der Waals surface area contributed by atoms with E-state index >= 15 is 0 Å². The highest BCUT2D eigenvalue weighted by Gasteiger charge is 2.57. The topological polar surface area (TPSA) is 18.5 Å². The fourth-order valence-corrected chi connectivity index (χ4v) is 3.87. The van der Waals surface area contributed by atoms with E-state index < -0.39 is 43.3 Å². The average molecular weight is 629 g/mol. The third kappa shape index (κ3) is 17.8. The number of ether oxygens (including phenoxy) is 2. The molecule has 37 heavy (non-hydrogen) atoms. The third-order valence-electron chi connectivity index (χ3n) is 5.78. The Balaban J connectivity index is 4.19. The van der Waals surface area contributed by atoms with Gasteiger partial charge in [0.2, 0.25) is 0 Å². The van der Waals surface area contributed by atoms with Crippen LogP contribution in [0, 0.1) is 0 Å². The lowest BCUT2D eigenvalue weighted by Gasteiger charge is -2.20. The van der Waals surface area contributed by atoms with Crippen LogP contribution in [0.5, 0.6) is 0 Å². The van der Waals surface area contributed by atoms with Crippen LogP contribution in [-0.2, 0) is 9.47 Å². The van der Waals surface area contributed by atoms with Gasteiger partial charge in [-0.25, -0.2) is 0 Å². The van der Waals surface area contributed by atoms with E-state index in [2.05, 4.69) is 15.9 Å². The largest absolute Gasteiger partial charge is 0.453 e. The van der Waals surface area contributed by atoms with Gasteiger partial charge in [0.25, 0.3) is 0 Å². The number of hydrogen-bond donors (Lipinski definition) is 0. The van der Waals surface area contributed by atoms with Gasteiger partial charge in [-0.2, -0.15) is 43.9 Å². The first-order valence-corrected chi connectivity index (χ1v) is 13.9. The van der Waals surface area contributed by atoms with Crippen molar-refractivity contribution in [2.45, 2.75) is 133 Å². The molecule has 0 rings (SSSR count). The molecule has 0 fully saturated rings. The summed E-state index contributed by atoms with van der Waals surface area (Å²) in [4.78, 5) is 0. The minimum absolute atomic E-state index is 0.210. The van der Waals surface area contributed by atoms with E-state index in [1.54, 1.807) is 0 Å². The molecule has 0 amide bonds. The second kappa shape index (κ2) is 18.9. The molecule has 0 heterocycles. The zero-order chi connectivity index (χ0) is 28.4. The van der Waals surface area contributed by atoms with E-state index in [1.165, 1.54) is 0 Å². The Hall–Kier alpha value is -0.300. The molecule has 0 atom stereocenters. The summed E-state index contributed by atoms with van der Waals surface area (Å²) in [6.45, 7) is 0.493. The highest BCUT2D eigenvalue weighted by atomic mass is 79.9. The van der Waals surface area contributed by atoms with Gasteiger partial charge in [-0.1, -0.05) is 60.9 Å². The van der Waals surface area contributed by atoms with Crippen LogP contribution in [-0.4, -0.2) is 49.0 Å². The first-order chi connectivity index (χ1) is 17.1. The van der Waals surface area contributed by atoms with Gasteiger partial charge >= 0.3 is 24.2 Å². The average Bonchev–Trinajstić information content (AvgIpc) is 2.77. The molecule has 0 aromatic rings. The summed E-state index contributed by atoms with van der Waals surface area (Å²) in [7, 11) is 0. The maximum absolute atomic E-state index is 12.9. The van der Waals surface area contributed by atoms with Gasteiger partial charge in [0.15, 0.2) is 6.29 Å². The zero-order valence-electron chi connectivity index (χ0n) is 21.0. The van der Waals surface area contributed by atoms with Gasteiger partial charge in [0.05, 0.1) is 0 Å². The fourth-order valence-electron chi connectivity index (χ4n) is 3.47. The minimum Gasteiger partial charge on any atom is -0.353 e. The quantitative estimate of drug-likeness (QED) is 0.0485. The van der Waals surface area contributed by atoms with Crippen LogP contribution in [0.1, 0.15) is 103 Å². The predicted molar refractivity (Wildman–Crippen MR) is 125 cm³/mol. The van der Waals surface area contributed by atoms with Crippen LogP contribution in [0.3, 0.4) is 0 Å². The van der Waals surface area contributed by atoms with Crippen LogP contribution in [0.4, 0.5) is 43.9 Å². The van der Waals surface area contributed by atoms with E-state index in [0.29, 0.717) is 32.1 Å². The lowest BCUT2D eigenvalue weighted by atomic mass is 10.1. The molecule has 0 saturated heterocycles.